The third-order valence-corrected chi connectivity index (χ3v) is 6.98. The van der Waals surface area contributed by atoms with Crippen molar-refractivity contribution >= 4 is 27.7 Å². The Bertz CT molecular complexity index is 870. The van der Waals surface area contributed by atoms with Gasteiger partial charge in [0.2, 0.25) is 5.91 Å². The number of sulfone groups is 1. The van der Waals surface area contributed by atoms with Gasteiger partial charge in [-0.3, -0.25) is 14.5 Å². The number of hydrogen-bond acceptors (Lipinski definition) is 5. The van der Waals surface area contributed by atoms with E-state index in [1.54, 1.807) is 38.1 Å². The van der Waals surface area contributed by atoms with Gasteiger partial charge in [-0.05, 0) is 25.8 Å². The van der Waals surface area contributed by atoms with E-state index in [2.05, 4.69) is 5.32 Å². The van der Waals surface area contributed by atoms with E-state index in [1.807, 2.05) is 6.07 Å². The summed E-state index contributed by atoms with van der Waals surface area (Å²) < 4.78 is 23.4. The summed E-state index contributed by atoms with van der Waals surface area (Å²) in [5, 5.41) is 2.66. The molecule has 1 N–H and O–H groups in total. The number of amides is 4. The van der Waals surface area contributed by atoms with E-state index in [9.17, 15) is 22.8 Å². The zero-order valence-electron chi connectivity index (χ0n) is 15.3. The van der Waals surface area contributed by atoms with Crippen LogP contribution in [0.4, 0.5) is 4.79 Å². The maximum absolute atomic E-state index is 12.9. The summed E-state index contributed by atoms with van der Waals surface area (Å²) in [5.41, 5.74) is -0.598. The topological polar surface area (TPSA) is 104 Å². The van der Waals surface area contributed by atoms with Gasteiger partial charge in [-0.25, -0.2) is 13.2 Å². The van der Waals surface area contributed by atoms with E-state index < -0.39 is 45.8 Å². The smallest absolute Gasteiger partial charge is 0.325 e. The number of nitrogens with zero attached hydrogens (tertiary/aromatic N) is 2. The number of carbonyl (C=O) groups is 3. The molecule has 3 rings (SSSR count). The number of imide groups is 1. The van der Waals surface area contributed by atoms with Crippen LogP contribution < -0.4 is 5.32 Å². The van der Waals surface area contributed by atoms with Crippen molar-refractivity contribution in [3.05, 3.63) is 35.9 Å². The summed E-state index contributed by atoms with van der Waals surface area (Å²) in [5.74, 6) is -0.951. The molecule has 2 heterocycles. The molecule has 4 amide bonds. The molecule has 2 atom stereocenters. The van der Waals surface area contributed by atoms with Crippen molar-refractivity contribution in [1.29, 1.82) is 0 Å². The van der Waals surface area contributed by atoms with Gasteiger partial charge in [0.05, 0.1) is 11.5 Å². The number of carbonyl (C=O) groups excluding carboxylic acids is 3. The minimum absolute atomic E-state index is 0.0522. The number of nitrogens with one attached hydrogen (secondary N) is 1. The highest BCUT2D eigenvalue weighted by atomic mass is 32.2. The molecule has 0 aliphatic carbocycles. The summed E-state index contributed by atoms with van der Waals surface area (Å²) in [6.45, 7) is 3.27. The number of rotatable bonds is 5. The molecule has 0 bridgehead atoms. The first-order valence-corrected chi connectivity index (χ1v) is 10.7. The Kier molecular flexibility index (Phi) is 4.98. The largest absolute Gasteiger partial charge is 0.337 e. The van der Waals surface area contributed by atoms with Crippen molar-refractivity contribution in [2.45, 2.75) is 31.8 Å². The van der Waals surface area contributed by atoms with Crippen molar-refractivity contribution in [2.75, 3.05) is 24.6 Å². The van der Waals surface area contributed by atoms with Gasteiger partial charge in [-0.1, -0.05) is 30.3 Å². The molecular weight excluding hydrogens is 370 g/mol. The lowest BCUT2D eigenvalue weighted by atomic mass is 9.92. The number of likely N-dealkylation sites (N-methyl/N-ethyl adjacent to an activating group) is 1. The molecule has 2 saturated heterocycles. The minimum Gasteiger partial charge on any atom is -0.337 e. The van der Waals surface area contributed by atoms with E-state index in [4.69, 9.17) is 0 Å². The Labute approximate surface area is 158 Å². The second kappa shape index (κ2) is 6.95. The van der Waals surface area contributed by atoms with Gasteiger partial charge in [0.15, 0.2) is 9.84 Å². The van der Waals surface area contributed by atoms with Gasteiger partial charge in [0.25, 0.3) is 5.91 Å². The van der Waals surface area contributed by atoms with Crippen LogP contribution in [0.1, 0.15) is 25.8 Å². The van der Waals surface area contributed by atoms with Crippen LogP contribution in [0, 0.1) is 0 Å². The summed E-state index contributed by atoms with van der Waals surface area (Å²) in [7, 11) is -3.14. The standard InChI is InChI=1S/C18H23N3O5S/c1-3-20(14-9-10-27(25,26)12-14)15(22)11-21-16(23)18(2,19-17(21)24)13-7-5-4-6-8-13/h4-8,14H,3,9-12H2,1-2H3,(H,19,24)/t14-,18+/m1/s1. The van der Waals surface area contributed by atoms with Crippen molar-refractivity contribution in [3.63, 3.8) is 0 Å². The van der Waals surface area contributed by atoms with Crippen LogP contribution in [-0.2, 0) is 25.0 Å². The third-order valence-electron chi connectivity index (χ3n) is 5.23. The lowest BCUT2D eigenvalue weighted by Gasteiger charge is -2.28. The van der Waals surface area contributed by atoms with Gasteiger partial charge < -0.3 is 10.2 Å². The molecule has 2 fully saturated rings. The molecule has 146 valence electrons. The fraction of sp³-hybridized carbons (Fsp3) is 0.500. The average molecular weight is 393 g/mol. The second-order valence-electron chi connectivity index (χ2n) is 7.05. The fourth-order valence-electron chi connectivity index (χ4n) is 3.69. The van der Waals surface area contributed by atoms with Crippen LogP contribution in [-0.4, -0.2) is 66.7 Å². The fourth-order valence-corrected chi connectivity index (χ4v) is 5.42. The Balaban J connectivity index is 1.76. The molecule has 1 aromatic rings. The van der Waals surface area contributed by atoms with E-state index >= 15 is 0 Å². The minimum atomic E-state index is -3.14. The lowest BCUT2D eigenvalue weighted by molar-refractivity contribution is -0.139. The zero-order chi connectivity index (χ0) is 19.8. The predicted molar refractivity (Wildman–Crippen MR) is 98.5 cm³/mol. The molecule has 0 unspecified atom stereocenters. The van der Waals surface area contributed by atoms with Crippen molar-refractivity contribution in [2.24, 2.45) is 0 Å². The molecule has 0 radical (unpaired) electrons. The lowest BCUT2D eigenvalue weighted by Crippen LogP contribution is -2.48. The average Bonchev–Trinajstić information content (AvgIpc) is 3.09. The van der Waals surface area contributed by atoms with Crippen LogP contribution in [0.5, 0.6) is 0 Å². The molecular formula is C18H23N3O5S. The molecule has 1 aromatic carbocycles. The molecule has 0 saturated carbocycles. The van der Waals surface area contributed by atoms with Crippen molar-refractivity contribution in [3.8, 4) is 0 Å². The number of benzene rings is 1. The monoisotopic (exact) mass is 393 g/mol. The van der Waals surface area contributed by atoms with Crippen LogP contribution in [0.2, 0.25) is 0 Å². The van der Waals surface area contributed by atoms with Crippen LogP contribution in [0.3, 0.4) is 0 Å². The van der Waals surface area contributed by atoms with E-state index in [0.717, 1.165) is 4.90 Å². The van der Waals surface area contributed by atoms with Crippen LogP contribution >= 0.6 is 0 Å². The van der Waals surface area contributed by atoms with Gasteiger partial charge in [0.1, 0.15) is 12.1 Å². The highest BCUT2D eigenvalue weighted by molar-refractivity contribution is 7.91. The Morgan fingerprint density at radius 1 is 1.30 bits per heavy atom. The van der Waals surface area contributed by atoms with E-state index in [1.165, 1.54) is 4.90 Å². The normalized spacial score (nSPS) is 26.9. The van der Waals surface area contributed by atoms with E-state index in [0.29, 0.717) is 18.5 Å². The number of hydrogen-bond donors (Lipinski definition) is 1. The highest BCUT2D eigenvalue weighted by Crippen LogP contribution is 2.28. The molecule has 2 aliphatic heterocycles. The number of urea groups is 1. The molecule has 0 spiro atoms. The Morgan fingerprint density at radius 3 is 2.52 bits per heavy atom. The van der Waals surface area contributed by atoms with Crippen LogP contribution in [0.15, 0.2) is 30.3 Å². The first kappa shape index (κ1) is 19.3. The summed E-state index contributed by atoms with van der Waals surface area (Å²) in [6, 6.07) is 7.80. The van der Waals surface area contributed by atoms with Gasteiger partial charge in [0, 0.05) is 12.6 Å². The summed E-state index contributed by atoms with van der Waals surface area (Å²) >= 11 is 0. The van der Waals surface area contributed by atoms with Gasteiger partial charge in [-0.2, -0.15) is 0 Å². The van der Waals surface area contributed by atoms with Crippen LogP contribution in [0.25, 0.3) is 0 Å². The molecule has 27 heavy (non-hydrogen) atoms. The maximum atomic E-state index is 12.9. The Hall–Kier alpha value is -2.42. The predicted octanol–water partition coefficient (Wildman–Crippen LogP) is 0.489. The summed E-state index contributed by atoms with van der Waals surface area (Å²) in [6.07, 6.45) is 0.379. The SMILES string of the molecule is CCN(C(=O)CN1C(=O)N[C@@](C)(c2ccccc2)C1=O)[C@@H]1CCS(=O)(=O)C1. The van der Waals surface area contributed by atoms with E-state index in [-0.39, 0.29) is 11.5 Å². The molecule has 0 aromatic heterocycles. The van der Waals surface area contributed by atoms with Crippen molar-refractivity contribution in [1.82, 2.24) is 15.1 Å². The first-order chi connectivity index (χ1) is 12.7. The quantitative estimate of drug-likeness (QED) is 0.733. The second-order valence-corrected chi connectivity index (χ2v) is 9.28. The Morgan fingerprint density at radius 2 is 1.96 bits per heavy atom. The molecule has 9 heteroatoms. The molecule has 8 nitrogen and oxygen atoms in total. The van der Waals surface area contributed by atoms with Gasteiger partial charge in [-0.15, -0.1) is 0 Å². The van der Waals surface area contributed by atoms with Gasteiger partial charge >= 0.3 is 6.03 Å². The first-order valence-electron chi connectivity index (χ1n) is 8.87. The highest BCUT2D eigenvalue weighted by Gasteiger charge is 2.50. The summed E-state index contributed by atoms with van der Waals surface area (Å²) in [4.78, 5) is 40.3. The zero-order valence-corrected chi connectivity index (χ0v) is 16.2. The van der Waals surface area contributed by atoms with Crippen molar-refractivity contribution < 1.29 is 22.8 Å². The third kappa shape index (κ3) is 3.55. The maximum Gasteiger partial charge on any atom is 0.325 e. The molecule has 2 aliphatic rings.